The average Bonchev–Trinajstić information content (AvgIpc) is 2.61. The van der Waals surface area contributed by atoms with Crippen LogP contribution in [-0.2, 0) is 14.8 Å². The normalized spacial score (nSPS) is 10.9. The van der Waals surface area contributed by atoms with Crippen molar-refractivity contribution in [2.45, 2.75) is 4.90 Å². The fraction of sp³-hybridized carbons (Fsp3) is 0.188. The fourth-order valence-corrected chi connectivity index (χ4v) is 3.34. The minimum Gasteiger partial charge on any atom is -0.493 e. The number of rotatable bonds is 6. The molecule has 0 saturated heterocycles. The summed E-state index contributed by atoms with van der Waals surface area (Å²) in [6.07, 6.45) is 0. The molecule has 0 aliphatic carbocycles. The first-order valence-electron chi connectivity index (χ1n) is 6.95. The molecule has 2 rings (SSSR count). The van der Waals surface area contributed by atoms with Gasteiger partial charge in [-0.3, -0.25) is 4.72 Å². The summed E-state index contributed by atoms with van der Waals surface area (Å²) in [6.45, 7) is 0. The maximum Gasteiger partial charge on any atom is 0.337 e. The van der Waals surface area contributed by atoms with Crippen LogP contribution in [0, 0.1) is 0 Å². The molecule has 2 aromatic rings. The molecule has 134 valence electrons. The van der Waals surface area contributed by atoms with Gasteiger partial charge >= 0.3 is 5.97 Å². The Morgan fingerprint density at radius 3 is 2.28 bits per heavy atom. The molecule has 25 heavy (non-hydrogen) atoms. The van der Waals surface area contributed by atoms with Crippen LogP contribution >= 0.6 is 11.6 Å². The second-order valence-corrected chi connectivity index (χ2v) is 6.90. The molecule has 0 aromatic heterocycles. The molecule has 7 nitrogen and oxygen atoms in total. The molecule has 9 heteroatoms. The van der Waals surface area contributed by atoms with Crippen molar-refractivity contribution in [3.05, 3.63) is 47.0 Å². The number of ether oxygens (including phenoxy) is 3. The summed E-state index contributed by atoms with van der Waals surface area (Å²) in [5, 5.41) is 0.136. The lowest BCUT2D eigenvalue weighted by molar-refractivity contribution is 0.0601. The van der Waals surface area contributed by atoms with Crippen molar-refractivity contribution in [1.29, 1.82) is 0 Å². The molecule has 0 amide bonds. The van der Waals surface area contributed by atoms with Crippen LogP contribution < -0.4 is 14.2 Å². The van der Waals surface area contributed by atoms with E-state index in [-0.39, 0.29) is 26.9 Å². The van der Waals surface area contributed by atoms with Crippen molar-refractivity contribution in [2.24, 2.45) is 0 Å². The predicted octanol–water partition coefficient (Wildman–Crippen LogP) is 2.94. The highest BCUT2D eigenvalue weighted by atomic mass is 35.5. The van der Waals surface area contributed by atoms with Crippen molar-refractivity contribution in [3.63, 3.8) is 0 Å². The van der Waals surface area contributed by atoms with E-state index in [1.165, 1.54) is 57.7 Å². The summed E-state index contributed by atoms with van der Waals surface area (Å²) in [5.74, 6) is 0.0511. The van der Waals surface area contributed by atoms with Crippen LogP contribution in [-0.4, -0.2) is 35.7 Å². The van der Waals surface area contributed by atoms with Gasteiger partial charge in [-0.1, -0.05) is 11.6 Å². The molecule has 0 fully saturated rings. The van der Waals surface area contributed by atoms with E-state index in [4.69, 9.17) is 21.1 Å². The molecule has 0 radical (unpaired) electrons. The number of benzene rings is 2. The number of carbonyl (C=O) groups is 1. The van der Waals surface area contributed by atoms with Crippen LogP contribution in [0.15, 0.2) is 41.3 Å². The lowest BCUT2D eigenvalue weighted by Gasteiger charge is -2.13. The summed E-state index contributed by atoms with van der Waals surface area (Å²) >= 11 is 6.02. The highest BCUT2D eigenvalue weighted by Crippen LogP contribution is 2.31. The molecule has 0 saturated carbocycles. The van der Waals surface area contributed by atoms with Gasteiger partial charge in [-0.25, -0.2) is 13.2 Å². The van der Waals surface area contributed by atoms with Crippen LogP contribution in [0.3, 0.4) is 0 Å². The van der Waals surface area contributed by atoms with Gasteiger partial charge in [0.25, 0.3) is 10.0 Å². The average molecular weight is 386 g/mol. The SMILES string of the molecule is COC(=O)c1ccc(Cl)c(NS(=O)(=O)c2ccc(OC)c(OC)c2)c1. The van der Waals surface area contributed by atoms with Crippen LogP contribution in [0.4, 0.5) is 5.69 Å². The lowest BCUT2D eigenvalue weighted by atomic mass is 10.2. The van der Waals surface area contributed by atoms with E-state index in [2.05, 4.69) is 9.46 Å². The number of carbonyl (C=O) groups excluding carboxylic acids is 1. The zero-order valence-corrected chi connectivity index (χ0v) is 15.3. The van der Waals surface area contributed by atoms with Crippen molar-refractivity contribution in [1.82, 2.24) is 0 Å². The van der Waals surface area contributed by atoms with E-state index >= 15 is 0 Å². The third-order valence-corrected chi connectivity index (χ3v) is 4.99. The molecule has 0 aliphatic rings. The van der Waals surface area contributed by atoms with Gasteiger partial charge in [0.05, 0.1) is 42.5 Å². The van der Waals surface area contributed by atoms with Gasteiger partial charge in [-0.15, -0.1) is 0 Å². The van der Waals surface area contributed by atoms with Crippen molar-refractivity contribution >= 4 is 33.3 Å². The Morgan fingerprint density at radius 1 is 1.00 bits per heavy atom. The van der Waals surface area contributed by atoms with Gasteiger partial charge in [0.2, 0.25) is 0 Å². The van der Waals surface area contributed by atoms with Gasteiger partial charge in [0, 0.05) is 6.07 Å². The largest absolute Gasteiger partial charge is 0.493 e. The molecule has 0 heterocycles. The fourth-order valence-electron chi connectivity index (χ4n) is 2.04. The molecule has 2 aromatic carbocycles. The number of anilines is 1. The first-order valence-corrected chi connectivity index (χ1v) is 8.81. The molecule has 0 spiro atoms. The van der Waals surface area contributed by atoms with Crippen molar-refractivity contribution in [3.8, 4) is 11.5 Å². The first kappa shape index (κ1) is 18.9. The van der Waals surface area contributed by atoms with Crippen molar-refractivity contribution in [2.75, 3.05) is 26.1 Å². The van der Waals surface area contributed by atoms with Gasteiger partial charge in [-0.05, 0) is 30.3 Å². The highest BCUT2D eigenvalue weighted by molar-refractivity contribution is 7.92. The Balaban J connectivity index is 2.41. The zero-order valence-electron chi connectivity index (χ0n) is 13.7. The summed E-state index contributed by atoms with van der Waals surface area (Å²) in [6, 6.07) is 8.29. The number of sulfonamides is 1. The quantitative estimate of drug-likeness (QED) is 0.769. The Labute approximate surface area is 150 Å². The summed E-state index contributed by atoms with van der Waals surface area (Å²) in [7, 11) is 0.110. The van der Waals surface area contributed by atoms with Crippen LogP contribution in [0.5, 0.6) is 11.5 Å². The molecule has 0 atom stereocenters. The van der Waals surface area contributed by atoms with Crippen molar-refractivity contribution < 1.29 is 27.4 Å². The maximum atomic E-state index is 12.6. The van der Waals surface area contributed by atoms with Gasteiger partial charge in [0.15, 0.2) is 11.5 Å². The summed E-state index contributed by atoms with van der Waals surface area (Å²) in [4.78, 5) is 11.5. The van der Waals surface area contributed by atoms with Crippen LogP contribution in [0.1, 0.15) is 10.4 Å². The van der Waals surface area contributed by atoms with Crippen LogP contribution in [0.25, 0.3) is 0 Å². The Kier molecular flexibility index (Phi) is 5.76. The number of hydrogen-bond acceptors (Lipinski definition) is 6. The molecule has 0 aliphatic heterocycles. The third-order valence-electron chi connectivity index (χ3n) is 3.30. The summed E-state index contributed by atoms with van der Waals surface area (Å²) in [5.41, 5.74) is 0.219. The van der Waals surface area contributed by atoms with E-state index in [0.29, 0.717) is 5.75 Å². The number of esters is 1. The molecule has 1 N–H and O–H groups in total. The van der Waals surface area contributed by atoms with E-state index in [9.17, 15) is 13.2 Å². The minimum atomic E-state index is -3.96. The number of hydrogen-bond donors (Lipinski definition) is 1. The monoisotopic (exact) mass is 385 g/mol. The Morgan fingerprint density at radius 2 is 1.68 bits per heavy atom. The van der Waals surface area contributed by atoms with Gasteiger partial charge < -0.3 is 14.2 Å². The smallest absolute Gasteiger partial charge is 0.337 e. The van der Waals surface area contributed by atoms with E-state index in [1.807, 2.05) is 0 Å². The summed E-state index contributed by atoms with van der Waals surface area (Å²) < 4.78 is 42.3. The second-order valence-electron chi connectivity index (χ2n) is 4.81. The van der Waals surface area contributed by atoms with Crippen LogP contribution in [0.2, 0.25) is 5.02 Å². The van der Waals surface area contributed by atoms with E-state index in [1.54, 1.807) is 0 Å². The number of nitrogens with one attached hydrogen (secondary N) is 1. The zero-order chi connectivity index (χ0) is 18.6. The Bertz CT molecular complexity index is 897. The second kappa shape index (κ2) is 7.62. The molecule has 0 unspecified atom stereocenters. The predicted molar refractivity (Wildman–Crippen MR) is 93.1 cm³/mol. The minimum absolute atomic E-state index is 0.0512. The van der Waals surface area contributed by atoms with Gasteiger partial charge in [0.1, 0.15) is 0 Å². The Hall–Kier alpha value is -2.45. The standard InChI is InChI=1S/C16H16ClNO6S/c1-22-14-7-5-11(9-15(14)23-2)25(20,21)18-13-8-10(16(19)24-3)4-6-12(13)17/h4-9,18H,1-3H3. The maximum absolute atomic E-state index is 12.6. The van der Waals surface area contributed by atoms with E-state index < -0.39 is 16.0 Å². The molecular formula is C16H16ClNO6S. The van der Waals surface area contributed by atoms with E-state index in [0.717, 1.165) is 0 Å². The lowest BCUT2D eigenvalue weighted by Crippen LogP contribution is -2.14. The molecule has 0 bridgehead atoms. The highest BCUT2D eigenvalue weighted by Gasteiger charge is 2.19. The number of halogens is 1. The topological polar surface area (TPSA) is 90.9 Å². The first-order chi connectivity index (χ1) is 11.8. The molecular weight excluding hydrogens is 370 g/mol. The number of methoxy groups -OCH3 is 3. The third kappa shape index (κ3) is 4.15. The van der Waals surface area contributed by atoms with Gasteiger partial charge in [-0.2, -0.15) is 0 Å².